The summed E-state index contributed by atoms with van der Waals surface area (Å²) < 4.78 is 5.97. The van der Waals surface area contributed by atoms with E-state index in [1.54, 1.807) is 31.3 Å². The molecule has 9 nitrogen and oxygen atoms in total. The minimum Gasteiger partial charge on any atom is -0.462 e. The average molecular weight is 482 g/mol. The number of nitrogens with zero attached hydrogens (tertiary/aromatic N) is 3. The number of benzene rings is 1. The molecule has 0 radical (unpaired) electrons. The van der Waals surface area contributed by atoms with Crippen molar-refractivity contribution in [1.29, 1.82) is 0 Å². The summed E-state index contributed by atoms with van der Waals surface area (Å²) in [5.41, 5.74) is 0.607. The molecule has 3 aromatic rings. The molecule has 3 heterocycles. The highest BCUT2D eigenvalue weighted by Gasteiger charge is 2.21. The van der Waals surface area contributed by atoms with Crippen LogP contribution in [0.25, 0.3) is 10.1 Å². The third kappa shape index (κ3) is 5.82. The lowest BCUT2D eigenvalue weighted by Crippen LogP contribution is -2.49. The first-order chi connectivity index (χ1) is 16.5. The standard InChI is InChI=1S/C24H27N5O4S/c1-2-33-23(31)20-16-17-15-18(6-7-19(17)34-20)27-24(32)26-10-8-22(30)29-13-11-28(12-14-29)21-5-3-4-9-25-21/h3-7,9,15-16H,2,8,10-14H2,1H3,(H2,26,27,32). The molecular formula is C24H27N5O4S. The molecule has 34 heavy (non-hydrogen) atoms. The van der Waals surface area contributed by atoms with E-state index in [2.05, 4.69) is 20.5 Å². The Balaban J connectivity index is 1.21. The number of rotatable bonds is 7. The smallest absolute Gasteiger partial charge is 0.348 e. The number of thiophene rings is 1. The molecule has 0 aliphatic carbocycles. The Bertz CT molecular complexity index is 1160. The quantitative estimate of drug-likeness (QED) is 0.502. The Kier molecular flexibility index (Phi) is 7.58. The van der Waals surface area contributed by atoms with Crippen LogP contribution < -0.4 is 15.5 Å². The Hall–Kier alpha value is -3.66. The normalized spacial score (nSPS) is 13.6. The number of hydrogen-bond donors (Lipinski definition) is 2. The van der Waals surface area contributed by atoms with Gasteiger partial charge in [-0.15, -0.1) is 11.3 Å². The van der Waals surface area contributed by atoms with Crippen molar-refractivity contribution in [2.45, 2.75) is 13.3 Å². The third-order valence-corrected chi connectivity index (χ3v) is 6.58. The maximum Gasteiger partial charge on any atom is 0.348 e. The zero-order chi connectivity index (χ0) is 23.9. The molecule has 1 aliphatic rings. The molecule has 3 amide bonds. The van der Waals surface area contributed by atoms with Crippen molar-refractivity contribution in [1.82, 2.24) is 15.2 Å². The van der Waals surface area contributed by atoms with E-state index in [1.807, 2.05) is 29.2 Å². The number of ether oxygens (including phenoxy) is 1. The van der Waals surface area contributed by atoms with Crippen LogP contribution in [-0.2, 0) is 9.53 Å². The summed E-state index contributed by atoms with van der Waals surface area (Å²) in [6.07, 6.45) is 2.01. The molecular weight excluding hydrogens is 454 g/mol. The average Bonchev–Trinajstić information content (AvgIpc) is 3.28. The van der Waals surface area contributed by atoms with Crippen molar-refractivity contribution >= 4 is 50.8 Å². The molecule has 0 bridgehead atoms. The van der Waals surface area contributed by atoms with Gasteiger partial charge in [0.15, 0.2) is 0 Å². The summed E-state index contributed by atoms with van der Waals surface area (Å²) in [4.78, 5) is 45.6. The fourth-order valence-electron chi connectivity index (χ4n) is 3.77. The van der Waals surface area contributed by atoms with E-state index in [-0.39, 0.29) is 30.9 Å². The number of nitrogens with one attached hydrogen (secondary N) is 2. The second kappa shape index (κ2) is 11.0. The van der Waals surface area contributed by atoms with Gasteiger partial charge < -0.3 is 25.2 Å². The zero-order valence-electron chi connectivity index (χ0n) is 19.0. The molecule has 1 aliphatic heterocycles. The topological polar surface area (TPSA) is 104 Å². The summed E-state index contributed by atoms with van der Waals surface area (Å²) in [7, 11) is 0. The monoisotopic (exact) mass is 481 g/mol. The molecule has 0 saturated carbocycles. The van der Waals surface area contributed by atoms with E-state index >= 15 is 0 Å². The number of carbonyl (C=O) groups is 3. The van der Waals surface area contributed by atoms with E-state index in [4.69, 9.17) is 4.74 Å². The molecule has 4 rings (SSSR count). The van der Waals surface area contributed by atoms with E-state index in [1.165, 1.54) is 11.3 Å². The van der Waals surface area contributed by atoms with Gasteiger partial charge in [-0.1, -0.05) is 6.07 Å². The lowest BCUT2D eigenvalue weighted by molar-refractivity contribution is -0.131. The van der Waals surface area contributed by atoms with Crippen LogP contribution in [0.1, 0.15) is 23.0 Å². The number of piperazine rings is 1. The number of anilines is 2. The maximum atomic E-state index is 12.5. The van der Waals surface area contributed by atoms with Gasteiger partial charge in [0, 0.05) is 55.7 Å². The molecule has 0 unspecified atom stereocenters. The first-order valence-electron chi connectivity index (χ1n) is 11.2. The van der Waals surface area contributed by atoms with Crippen LogP contribution in [0.4, 0.5) is 16.3 Å². The van der Waals surface area contributed by atoms with Gasteiger partial charge in [-0.2, -0.15) is 0 Å². The molecule has 10 heteroatoms. The van der Waals surface area contributed by atoms with Crippen molar-refractivity contribution in [2.24, 2.45) is 0 Å². The van der Waals surface area contributed by atoms with Gasteiger partial charge in [-0.05, 0) is 48.7 Å². The number of aromatic nitrogens is 1. The molecule has 1 fully saturated rings. The zero-order valence-corrected chi connectivity index (χ0v) is 19.8. The van der Waals surface area contributed by atoms with Crippen molar-refractivity contribution < 1.29 is 19.1 Å². The Morgan fingerprint density at radius 3 is 2.65 bits per heavy atom. The van der Waals surface area contributed by atoms with Crippen LogP contribution in [0.15, 0.2) is 48.7 Å². The number of amides is 3. The molecule has 0 spiro atoms. The van der Waals surface area contributed by atoms with Crippen LogP contribution in [0.5, 0.6) is 0 Å². The van der Waals surface area contributed by atoms with Gasteiger partial charge in [0.2, 0.25) is 5.91 Å². The van der Waals surface area contributed by atoms with E-state index in [9.17, 15) is 14.4 Å². The maximum absolute atomic E-state index is 12.5. The number of esters is 1. The van der Waals surface area contributed by atoms with Crippen molar-refractivity contribution in [3.05, 3.63) is 53.5 Å². The predicted molar refractivity (Wildman–Crippen MR) is 132 cm³/mol. The molecule has 2 N–H and O–H groups in total. The van der Waals surface area contributed by atoms with Crippen LogP contribution in [0.2, 0.25) is 0 Å². The number of urea groups is 1. The number of fused-ring (bicyclic) bond motifs is 1. The van der Waals surface area contributed by atoms with Gasteiger partial charge in [0.25, 0.3) is 0 Å². The highest BCUT2D eigenvalue weighted by molar-refractivity contribution is 7.20. The largest absolute Gasteiger partial charge is 0.462 e. The summed E-state index contributed by atoms with van der Waals surface area (Å²) in [6.45, 7) is 5.08. The van der Waals surface area contributed by atoms with Gasteiger partial charge >= 0.3 is 12.0 Å². The van der Waals surface area contributed by atoms with Gasteiger partial charge in [0.05, 0.1) is 6.61 Å². The Morgan fingerprint density at radius 2 is 1.91 bits per heavy atom. The summed E-state index contributed by atoms with van der Waals surface area (Å²) in [5, 5.41) is 6.36. The second-order valence-electron chi connectivity index (χ2n) is 7.77. The van der Waals surface area contributed by atoms with Crippen molar-refractivity contribution in [3.63, 3.8) is 0 Å². The van der Waals surface area contributed by atoms with E-state index in [0.717, 1.165) is 29.0 Å². The highest BCUT2D eigenvalue weighted by Crippen LogP contribution is 2.28. The summed E-state index contributed by atoms with van der Waals surface area (Å²) in [5.74, 6) is 0.594. The number of pyridine rings is 1. The highest BCUT2D eigenvalue weighted by atomic mass is 32.1. The van der Waals surface area contributed by atoms with Gasteiger partial charge in [0.1, 0.15) is 10.7 Å². The second-order valence-corrected chi connectivity index (χ2v) is 8.85. The summed E-state index contributed by atoms with van der Waals surface area (Å²) >= 11 is 1.35. The molecule has 2 aromatic heterocycles. The lowest BCUT2D eigenvalue weighted by Gasteiger charge is -2.35. The first kappa shape index (κ1) is 23.5. The number of hydrogen-bond acceptors (Lipinski definition) is 7. The minimum atomic E-state index is -0.382. The fourth-order valence-corrected chi connectivity index (χ4v) is 4.70. The van der Waals surface area contributed by atoms with Crippen LogP contribution in [0, 0.1) is 0 Å². The molecule has 1 saturated heterocycles. The number of carbonyl (C=O) groups excluding carboxylic acids is 3. The Morgan fingerprint density at radius 1 is 1.09 bits per heavy atom. The van der Waals surface area contributed by atoms with Crippen molar-refractivity contribution in [2.75, 3.05) is 49.5 Å². The van der Waals surface area contributed by atoms with Crippen LogP contribution in [0.3, 0.4) is 0 Å². The molecule has 1 aromatic carbocycles. The fraction of sp³-hybridized carbons (Fsp3) is 0.333. The van der Waals surface area contributed by atoms with Crippen molar-refractivity contribution in [3.8, 4) is 0 Å². The van der Waals surface area contributed by atoms with Gasteiger partial charge in [-0.25, -0.2) is 14.6 Å². The summed E-state index contributed by atoms with van der Waals surface area (Å²) in [6, 6.07) is 12.6. The lowest BCUT2D eigenvalue weighted by atomic mass is 10.2. The first-order valence-corrected chi connectivity index (χ1v) is 12.0. The van der Waals surface area contributed by atoms with E-state index in [0.29, 0.717) is 30.3 Å². The third-order valence-electron chi connectivity index (χ3n) is 5.48. The molecule has 0 atom stereocenters. The van der Waals surface area contributed by atoms with Gasteiger partial charge in [-0.3, -0.25) is 4.79 Å². The van der Waals surface area contributed by atoms with Crippen LogP contribution >= 0.6 is 11.3 Å². The Labute approximate surface area is 201 Å². The van der Waals surface area contributed by atoms with Crippen LogP contribution in [-0.4, -0.2) is 67.1 Å². The molecule has 178 valence electrons. The SMILES string of the molecule is CCOC(=O)c1cc2cc(NC(=O)NCCC(=O)N3CCN(c4ccccn4)CC3)ccc2s1. The predicted octanol–water partition coefficient (Wildman–Crippen LogP) is 3.33. The minimum absolute atomic E-state index is 0.0205. The van der Waals surface area contributed by atoms with E-state index < -0.39 is 0 Å².